The van der Waals surface area contributed by atoms with E-state index in [1.807, 2.05) is 11.4 Å². The number of aromatic nitrogens is 2. The highest BCUT2D eigenvalue weighted by Gasteiger charge is 2.22. The van der Waals surface area contributed by atoms with Crippen LogP contribution in [0.1, 0.15) is 18.7 Å². The molecule has 0 aliphatic carbocycles. The summed E-state index contributed by atoms with van der Waals surface area (Å²) in [7, 11) is -3.68. The van der Waals surface area contributed by atoms with Crippen LogP contribution in [-0.4, -0.2) is 42.9 Å². The molecule has 3 aromatic rings. The van der Waals surface area contributed by atoms with E-state index in [2.05, 4.69) is 19.6 Å². The molecule has 0 saturated carbocycles. The molecule has 11 heteroatoms. The lowest BCUT2D eigenvalue weighted by Crippen LogP contribution is -2.42. The molecule has 0 aromatic carbocycles. The fraction of sp³-hybridized carbons (Fsp3) is 0.412. The molecule has 28 heavy (non-hydrogen) atoms. The molecule has 1 atom stereocenters. The van der Waals surface area contributed by atoms with Crippen LogP contribution in [0.25, 0.3) is 21.5 Å². The van der Waals surface area contributed by atoms with Gasteiger partial charge in [0.25, 0.3) is 15.8 Å². The van der Waals surface area contributed by atoms with Gasteiger partial charge in [-0.2, -0.15) is 8.42 Å². The Balaban J connectivity index is 1.50. The number of hydrogen-bond acceptors (Lipinski definition) is 7. The Morgan fingerprint density at radius 3 is 3.07 bits per heavy atom. The number of furan rings is 1. The van der Waals surface area contributed by atoms with E-state index in [9.17, 15) is 13.2 Å². The molecule has 1 saturated heterocycles. The van der Waals surface area contributed by atoms with Crippen LogP contribution in [0.5, 0.6) is 0 Å². The lowest BCUT2D eigenvalue weighted by Gasteiger charge is -2.32. The molecule has 150 valence electrons. The molecule has 1 aliphatic heterocycles. The standard InChI is InChI=1S/C17H21N5O4S2/c18-28(24,25)19-7-11-3-1-5-22(8-11)9-14-20-16(23)15-12(10-27-17(15)21-14)13-4-2-6-26-13/h2,4,6,10-11,19H,1,3,5,7-9H2,(H2,18,24,25)(H,20,21,23). The molecule has 1 aliphatic rings. The quantitative estimate of drug-likeness (QED) is 0.546. The fourth-order valence-electron chi connectivity index (χ4n) is 3.59. The average molecular weight is 424 g/mol. The van der Waals surface area contributed by atoms with Crippen LogP contribution in [0.3, 0.4) is 0 Å². The van der Waals surface area contributed by atoms with Gasteiger partial charge in [-0.05, 0) is 37.4 Å². The third-order valence-electron chi connectivity index (χ3n) is 4.83. The van der Waals surface area contributed by atoms with Crippen molar-refractivity contribution < 1.29 is 12.8 Å². The van der Waals surface area contributed by atoms with E-state index < -0.39 is 10.2 Å². The van der Waals surface area contributed by atoms with Crippen molar-refractivity contribution in [3.8, 4) is 11.3 Å². The molecule has 9 nitrogen and oxygen atoms in total. The van der Waals surface area contributed by atoms with Gasteiger partial charge in [-0.15, -0.1) is 11.3 Å². The maximum Gasteiger partial charge on any atom is 0.274 e. The summed E-state index contributed by atoms with van der Waals surface area (Å²) in [6.07, 6.45) is 3.46. The lowest BCUT2D eigenvalue weighted by atomic mass is 9.98. The molecule has 3 aromatic heterocycles. The molecular weight excluding hydrogens is 402 g/mol. The Kier molecular flexibility index (Phi) is 5.34. The summed E-state index contributed by atoms with van der Waals surface area (Å²) in [4.78, 5) is 23.0. The second kappa shape index (κ2) is 7.76. The van der Waals surface area contributed by atoms with Crippen LogP contribution in [0.2, 0.25) is 0 Å². The summed E-state index contributed by atoms with van der Waals surface area (Å²) in [6.45, 7) is 2.41. The van der Waals surface area contributed by atoms with Crippen molar-refractivity contribution in [1.82, 2.24) is 19.6 Å². The Morgan fingerprint density at radius 1 is 1.46 bits per heavy atom. The summed E-state index contributed by atoms with van der Waals surface area (Å²) in [5, 5.41) is 7.43. The minimum Gasteiger partial charge on any atom is -0.464 e. The lowest BCUT2D eigenvalue weighted by molar-refractivity contribution is 0.165. The van der Waals surface area contributed by atoms with Crippen molar-refractivity contribution in [3.63, 3.8) is 0 Å². The number of nitrogens with one attached hydrogen (secondary N) is 2. The Morgan fingerprint density at radius 2 is 2.32 bits per heavy atom. The van der Waals surface area contributed by atoms with Gasteiger partial charge < -0.3 is 9.40 Å². The molecule has 4 heterocycles. The summed E-state index contributed by atoms with van der Waals surface area (Å²) >= 11 is 1.41. The fourth-order valence-corrected chi connectivity index (χ4v) is 5.00. The maximum atomic E-state index is 12.7. The zero-order valence-electron chi connectivity index (χ0n) is 15.1. The van der Waals surface area contributed by atoms with Crippen molar-refractivity contribution in [3.05, 3.63) is 40.0 Å². The van der Waals surface area contributed by atoms with Crippen LogP contribution in [0.4, 0.5) is 0 Å². The van der Waals surface area contributed by atoms with Crippen molar-refractivity contribution in [2.45, 2.75) is 19.4 Å². The third-order valence-corrected chi connectivity index (χ3v) is 6.27. The van der Waals surface area contributed by atoms with Crippen LogP contribution >= 0.6 is 11.3 Å². The normalized spacial score (nSPS) is 18.7. The number of likely N-dealkylation sites (tertiary alicyclic amines) is 1. The van der Waals surface area contributed by atoms with Gasteiger partial charge in [0.1, 0.15) is 16.4 Å². The third kappa shape index (κ3) is 4.33. The first-order chi connectivity index (χ1) is 13.4. The summed E-state index contributed by atoms with van der Waals surface area (Å²) in [5.41, 5.74) is 0.564. The summed E-state index contributed by atoms with van der Waals surface area (Å²) < 4.78 is 30.0. The number of nitrogens with two attached hydrogens (primary N) is 1. The van der Waals surface area contributed by atoms with Gasteiger partial charge in [0.2, 0.25) is 0 Å². The van der Waals surface area contributed by atoms with Crippen molar-refractivity contribution >= 4 is 31.8 Å². The second-order valence-corrected chi connectivity index (χ2v) is 9.19. The van der Waals surface area contributed by atoms with E-state index in [0.29, 0.717) is 41.4 Å². The predicted molar refractivity (Wildman–Crippen MR) is 107 cm³/mol. The highest BCUT2D eigenvalue weighted by atomic mass is 32.2. The average Bonchev–Trinajstić information content (AvgIpc) is 3.29. The number of piperidine rings is 1. The van der Waals surface area contributed by atoms with E-state index in [1.165, 1.54) is 11.3 Å². The predicted octanol–water partition coefficient (Wildman–Crippen LogP) is 1.25. The van der Waals surface area contributed by atoms with Gasteiger partial charge >= 0.3 is 0 Å². The molecule has 0 spiro atoms. The molecule has 0 amide bonds. The highest BCUT2D eigenvalue weighted by Crippen LogP contribution is 2.31. The first-order valence-electron chi connectivity index (χ1n) is 8.93. The molecule has 4 N–H and O–H groups in total. The minimum absolute atomic E-state index is 0.176. The van der Waals surface area contributed by atoms with Crippen LogP contribution < -0.4 is 15.4 Å². The van der Waals surface area contributed by atoms with Crippen molar-refractivity contribution in [1.29, 1.82) is 0 Å². The van der Waals surface area contributed by atoms with Crippen LogP contribution in [0.15, 0.2) is 33.0 Å². The Bertz CT molecular complexity index is 1120. The first kappa shape index (κ1) is 19.3. The van der Waals surface area contributed by atoms with E-state index >= 15 is 0 Å². The summed E-state index contributed by atoms with van der Waals surface area (Å²) in [5.74, 6) is 1.42. The molecule has 0 radical (unpaired) electrons. The zero-order valence-corrected chi connectivity index (χ0v) is 16.7. The van der Waals surface area contributed by atoms with E-state index in [1.54, 1.807) is 12.3 Å². The first-order valence-corrected chi connectivity index (χ1v) is 11.4. The number of hydrogen-bond donors (Lipinski definition) is 3. The molecule has 1 fully saturated rings. The number of aromatic amines is 1. The van der Waals surface area contributed by atoms with Crippen LogP contribution in [-0.2, 0) is 16.8 Å². The minimum atomic E-state index is -3.68. The largest absolute Gasteiger partial charge is 0.464 e. The summed E-state index contributed by atoms with van der Waals surface area (Å²) in [6, 6.07) is 3.60. The second-order valence-electron chi connectivity index (χ2n) is 6.96. The van der Waals surface area contributed by atoms with E-state index in [4.69, 9.17) is 9.56 Å². The Labute approximate surface area is 165 Å². The maximum absolute atomic E-state index is 12.7. The van der Waals surface area contributed by atoms with Gasteiger partial charge in [0.05, 0.1) is 18.2 Å². The SMILES string of the molecule is NS(=O)(=O)NCC1CCCN(Cc2nc3scc(-c4ccco4)c3c(=O)[nH]2)C1. The van der Waals surface area contributed by atoms with Gasteiger partial charge in [-0.1, -0.05) is 0 Å². The van der Waals surface area contributed by atoms with Gasteiger partial charge in [-0.25, -0.2) is 14.8 Å². The topological polar surface area (TPSA) is 134 Å². The molecule has 0 bridgehead atoms. The number of nitrogens with zero attached hydrogens (tertiary/aromatic N) is 2. The number of rotatable bonds is 6. The van der Waals surface area contributed by atoms with Crippen LogP contribution in [0, 0.1) is 5.92 Å². The van der Waals surface area contributed by atoms with Crippen molar-refractivity contribution in [2.24, 2.45) is 11.1 Å². The smallest absolute Gasteiger partial charge is 0.274 e. The molecule has 4 rings (SSSR count). The van der Waals surface area contributed by atoms with Crippen molar-refractivity contribution in [2.75, 3.05) is 19.6 Å². The number of H-pyrrole nitrogens is 1. The number of fused-ring (bicyclic) bond motifs is 1. The Hall–Kier alpha value is -2.05. The van der Waals surface area contributed by atoms with Gasteiger partial charge in [0, 0.05) is 24.0 Å². The van der Waals surface area contributed by atoms with Gasteiger partial charge in [-0.3, -0.25) is 9.69 Å². The monoisotopic (exact) mass is 423 g/mol. The van der Waals surface area contributed by atoms with E-state index in [0.717, 1.165) is 24.9 Å². The molecule has 1 unspecified atom stereocenters. The number of thiophene rings is 1. The van der Waals surface area contributed by atoms with E-state index in [-0.39, 0.29) is 11.5 Å². The zero-order chi connectivity index (χ0) is 19.7. The van der Waals surface area contributed by atoms with Gasteiger partial charge in [0.15, 0.2) is 0 Å². The molecular formula is C17H21N5O4S2. The highest BCUT2D eigenvalue weighted by molar-refractivity contribution is 7.87.